The minimum absolute atomic E-state index is 0.00505. The first-order valence-electron chi connectivity index (χ1n) is 5.13. The van der Waals surface area contributed by atoms with Gasteiger partial charge in [-0.2, -0.15) is 14.0 Å². The molecule has 0 aliphatic carbocycles. The number of benzene rings is 1. The minimum atomic E-state index is -3.06. The number of alkyl halides is 2. The van der Waals surface area contributed by atoms with Gasteiger partial charge in [-0.25, -0.2) is 4.79 Å². The van der Waals surface area contributed by atoms with E-state index in [0.29, 0.717) is 12.0 Å². The highest BCUT2D eigenvalue weighted by atomic mass is 19.3. The number of methoxy groups -OCH3 is 1. The van der Waals surface area contributed by atoms with Gasteiger partial charge in [0, 0.05) is 0 Å². The van der Waals surface area contributed by atoms with Gasteiger partial charge in [-0.1, -0.05) is 6.92 Å². The van der Waals surface area contributed by atoms with Crippen molar-refractivity contribution >= 4 is 5.97 Å². The summed E-state index contributed by atoms with van der Waals surface area (Å²) in [4.78, 5) is 11.4. The Hall–Kier alpha value is -2.16. The van der Waals surface area contributed by atoms with Crippen LogP contribution in [-0.2, 0) is 11.2 Å². The van der Waals surface area contributed by atoms with E-state index < -0.39 is 12.6 Å². The van der Waals surface area contributed by atoms with Crippen LogP contribution in [0.1, 0.15) is 28.4 Å². The number of aryl methyl sites for hydroxylation is 1. The van der Waals surface area contributed by atoms with Crippen molar-refractivity contribution in [3.63, 3.8) is 0 Å². The van der Waals surface area contributed by atoms with Gasteiger partial charge in [-0.05, 0) is 24.1 Å². The first kappa shape index (κ1) is 13.9. The van der Waals surface area contributed by atoms with Crippen molar-refractivity contribution in [1.29, 1.82) is 5.26 Å². The number of hydrogen-bond acceptors (Lipinski definition) is 4. The number of carbonyl (C=O) groups excluding carboxylic acids is 1. The number of hydrogen-bond donors (Lipinski definition) is 0. The second-order valence-corrected chi connectivity index (χ2v) is 3.34. The lowest BCUT2D eigenvalue weighted by Crippen LogP contribution is -2.08. The molecule has 96 valence electrons. The maximum absolute atomic E-state index is 12.2. The number of esters is 1. The zero-order valence-corrected chi connectivity index (χ0v) is 9.87. The van der Waals surface area contributed by atoms with E-state index in [2.05, 4.69) is 9.47 Å². The molecule has 0 N–H and O–H groups in total. The zero-order valence-electron chi connectivity index (χ0n) is 9.87. The van der Waals surface area contributed by atoms with Gasteiger partial charge < -0.3 is 9.47 Å². The molecule has 0 radical (unpaired) electrons. The minimum Gasteiger partial charge on any atom is -0.465 e. The van der Waals surface area contributed by atoms with E-state index in [1.54, 1.807) is 13.0 Å². The van der Waals surface area contributed by atoms with E-state index >= 15 is 0 Å². The SMILES string of the molecule is CCc1cc(C(=O)OC)cc(OC(F)F)c1C#N. The molecular formula is C12H11F2NO3. The van der Waals surface area contributed by atoms with Crippen LogP contribution in [0.5, 0.6) is 5.75 Å². The maximum Gasteiger partial charge on any atom is 0.387 e. The molecule has 6 heteroatoms. The van der Waals surface area contributed by atoms with E-state index in [1.165, 1.54) is 13.2 Å². The molecule has 0 saturated heterocycles. The number of nitriles is 1. The molecule has 0 aliphatic rings. The van der Waals surface area contributed by atoms with Crippen LogP contribution >= 0.6 is 0 Å². The highest BCUT2D eigenvalue weighted by molar-refractivity contribution is 5.90. The third-order valence-electron chi connectivity index (χ3n) is 2.31. The summed E-state index contributed by atoms with van der Waals surface area (Å²) in [6, 6.07) is 4.31. The molecule has 18 heavy (non-hydrogen) atoms. The summed E-state index contributed by atoms with van der Waals surface area (Å²) in [5.74, 6) is -0.986. The number of carbonyl (C=O) groups is 1. The van der Waals surface area contributed by atoms with Gasteiger partial charge >= 0.3 is 12.6 Å². The molecule has 1 aromatic rings. The molecule has 0 saturated carbocycles. The Morgan fingerprint density at radius 3 is 2.61 bits per heavy atom. The summed E-state index contributed by atoms with van der Waals surface area (Å²) < 4.78 is 33.2. The molecule has 0 spiro atoms. The third kappa shape index (κ3) is 2.94. The van der Waals surface area contributed by atoms with Crippen LogP contribution in [0, 0.1) is 11.3 Å². The van der Waals surface area contributed by atoms with Crippen LogP contribution in [0.15, 0.2) is 12.1 Å². The van der Waals surface area contributed by atoms with Gasteiger partial charge in [-0.3, -0.25) is 0 Å². The highest BCUT2D eigenvalue weighted by Gasteiger charge is 2.17. The quantitative estimate of drug-likeness (QED) is 0.775. The molecule has 0 amide bonds. The van der Waals surface area contributed by atoms with Crippen molar-refractivity contribution < 1.29 is 23.0 Å². The summed E-state index contributed by atoms with van der Waals surface area (Å²) in [7, 11) is 1.18. The van der Waals surface area contributed by atoms with Gasteiger partial charge in [0.25, 0.3) is 0 Å². The second kappa shape index (κ2) is 5.96. The summed E-state index contributed by atoms with van der Waals surface area (Å²) in [5.41, 5.74) is 0.533. The molecule has 0 aliphatic heterocycles. The molecular weight excluding hydrogens is 244 g/mol. The van der Waals surface area contributed by atoms with Gasteiger partial charge in [0.1, 0.15) is 11.8 Å². The van der Waals surface area contributed by atoms with E-state index in [1.807, 2.05) is 0 Å². The van der Waals surface area contributed by atoms with Gasteiger partial charge in [0.05, 0.1) is 18.2 Å². The average molecular weight is 255 g/mol. The third-order valence-corrected chi connectivity index (χ3v) is 2.31. The Morgan fingerprint density at radius 2 is 2.17 bits per heavy atom. The van der Waals surface area contributed by atoms with Crippen LogP contribution in [0.25, 0.3) is 0 Å². The van der Waals surface area contributed by atoms with E-state index in [4.69, 9.17) is 5.26 Å². The smallest absolute Gasteiger partial charge is 0.387 e. The summed E-state index contributed by atoms with van der Waals surface area (Å²) in [6.45, 7) is -1.32. The number of rotatable bonds is 4. The fourth-order valence-corrected chi connectivity index (χ4v) is 1.50. The molecule has 4 nitrogen and oxygen atoms in total. The van der Waals surface area contributed by atoms with Crippen LogP contribution in [0.2, 0.25) is 0 Å². The molecule has 0 atom stereocenters. The van der Waals surface area contributed by atoms with Gasteiger partial charge in [0.15, 0.2) is 0 Å². The fraction of sp³-hybridized carbons (Fsp3) is 0.333. The predicted octanol–water partition coefficient (Wildman–Crippen LogP) is 2.51. The number of nitrogens with zero attached hydrogens (tertiary/aromatic N) is 1. The standard InChI is InChI=1S/C12H11F2NO3/c1-3-7-4-8(11(16)17-2)5-10(9(7)6-15)18-12(13)14/h4-5,12H,3H2,1-2H3. The van der Waals surface area contributed by atoms with Crippen molar-refractivity contribution in [2.45, 2.75) is 20.0 Å². The molecule has 0 heterocycles. The van der Waals surface area contributed by atoms with E-state index in [0.717, 1.165) is 6.07 Å². The fourth-order valence-electron chi connectivity index (χ4n) is 1.50. The average Bonchev–Trinajstić information content (AvgIpc) is 2.35. The highest BCUT2D eigenvalue weighted by Crippen LogP contribution is 2.26. The molecule has 0 aromatic heterocycles. The van der Waals surface area contributed by atoms with E-state index in [9.17, 15) is 13.6 Å². The molecule has 0 fully saturated rings. The lowest BCUT2D eigenvalue weighted by atomic mass is 10.0. The monoisotopic (exact) mass is 255 g/mol. The summed E-state index contributed by atoms with van der Waals surface area (Å²) in [5, 5.41) is 8.94. The van der Waals surface area contributed by atoms with Crippen LogP contribution in [0.3, 0.4) is 0 Å². The Morgan fingerprint density at radius 1 is 1.50 bits per heavy atom. The lowest BCUT2D eigenvalue weighted by molar-refractivity contribution is -0.0501. The molecule has 1 rings (SSSR count). The number of ether oxygens (including phenoxy) is 2. The van der Waals surface area contributed by atoms with Crippen molar-refractivity contribution in [2.24, 2.45) is 0 Å². The van der Waals surface area contributed by atoms with Crippen molar-refractivity contribution in [3.05, 3.63) is 28.8 Å². The van der Waals surface area contributed by atoms with E-state index in [-0.39, 0.29) is 16.9 Å². The normalized spacial score (nSPS) is 10.0. The van der Waals surface area contributed by atoms with Gasteiger partial charge in [0.2, 0.25) is 0 Å². The summed E-state index contributed by atoms with van der Waals surface area (Å²) in [6.07, 6.45) is 0.410. The molecule has 0 bridgehead atoms. The Labute approximate surface area is 103 Å². The lowest BCUT2D eigenvalue weighted by Gasteiger charge is -2.11. The second-order valence-electron chi connectivity index (χ2n) is 3.34. The van der Waals surface area contributed by atoms with Crippen LogP contribution < -0.4 is 4.74 Å². The topological polar surface area (TPSA) is 59.3 Å². The largest absolute Gasteiger partial charge is 0.465 e. The van der Waals surface area contributed by atoms with Crippen molar-refractivity contribution in [1.82, 2.24) is 0 Å². The van der Waals surface area contributed by atoms with Gasteiger partial charge in [-0.15, -0.1) is 0 Å². The number of halogens is 2. The Kier molecular flexibility index (Phi) is 4.60. The first-order valence-corrected chi connectivity index (χ1v) is 5.13. The predicted molar refractivity (Wildman–Crippen MR) is 58.5 cm³/mol. The van der Waals surface area contributed by atoms with Crippen LogP contribution in [0.4, 0.5) is 8.78 Å². The Balaban J connectivity index is 3.36. The Bertz CT molecular complexity index is 495. The molecule has 0 unspecified atom stereocenters. The van der Waals surface area contributed by atoms with Crippen LogP contribution in [-0.4, -0.2) is 19.7 Å². The molecule has 1 aromatic carbocycles. The zero-order chi connectivity index (χ0) is 13.7. The maximum atomic E-state index is 12.2. The van der Waals surface area contributed by atoms with Crippen molar-refractivity contribution in [3.8, 4) is 11.8 Å². The van der Waals surface area contributed by atoms with Crippen molar-refractivity contribution in [2.75, 3.05) is 7.11 Å². The summed E-state index contributed by atoms with van der Waals surface area (Å²) >= 11 is 0. The first-order chi connectivity index (χ1) is 8.53.